The van der Waals surface area contributed by atoms with Crippen molar-refractivity contribution in [2.45, 2.75) is 45.4 Å². The van der Waals surface area contributed by atoms with Gasteiger partial charge in [-0.05, 0) is 42.6 Å². The number of nitrogen functional groups attached to an aromatic ring is 1. The molecule has 0 aliphatic heterocycles. The molecular weight excluding hydrogens is 210 g/mol. The van der Waals surface area contributed by atoms with Crippen molar-refractivity contribution in [3.63, 3.8) is 0 Å². The van der Waals surface area contributed by atoms with E-state index in [0.717, 1.165) is 5.92 Å². The van der Waals surface area contributed by atoms with Crippen molar-refractivity contribution < 1.29 is 0 Å². The van der Waals surface area contributed by atoms with Crippen molar-refractivity contribution in [2.75, 3.05) is 5.73 Å². The molecule has 3 aliphatic rings. The molecule has 3 saturated carbocycles. The minimum absolute atomic E-state index is 0.229. The second kappa shape index (κ2) is 3.21. The highest BCUT2D eigenvalue weighted by Crippen LogP contribution is 2.69. The minimum atomic E-state index is 0.229. The summed E-state index contributed by atoms with van der Waals surface area (Å²) in [4.78, 5) is 8.54. The SMILES string of the molecule is CC1CCC2CC1(c1ccnc(N)n1)C2(C)C. The number of aromatic nitrogens is 2. The van der Waals surface area contributed by atoms with Gasteiger partial charge in [0, 0.05) is 11.6 Å². The molecule has 0 radical (unpaired) electrons. The third-order valence-corrected chi connectivity index (χ3v) is 5.66. The molecule has 2 bridgehead atoms. The van der Waals surface area contributed by atoms with Crippen LogP contribution >= 0.6 is 0 Å². The number of nitrogens with two attached hydrogens (primary N) is 1. The van der Waals surface area contributed by atoms with E-state index >= 15 is 0 Å². The molecule has 17 heavy (non-hydrogen) atoms. The third kappa shape index (κ3) is 1.17. The summed E-state index contributed by atoms with van der Waals surface area (Å²) in [6.07, 6.45) is 5.77. The molecule has 3 nitrogen and oxygen atoms in total. The zero-order valence-electron chi connectivity index (χ0n) is 10.9. The van der Waals surface area contributed by atoms with Gasteiger partial charge in [0.25, 0.3) is 0 Å². The van der Waals surface area contributed by atoms with E-state index in [1.54, 1.807) is 6.20 Å². The van der Waals surface area contributed by atoms with Gasteiger partial charge in [-0.3, -0.25) is 0 Å². The Morgan fingerprint density at radius 3 is 2.71 bits per heavy atom. The topological polar surface area (TPSA) is 51.8 Å². The van der Waals surface area contributed by atoms with E-state index < -0.39 is 0 Å². The molecule has 1 aromatic rings. The Morgan fingerprint density at radius 2 is 2.12 bits per heavy atom. The van der Waals surface area contributed by atoms with Crippen LogP contribution in [0.25, 0.3) is 0 Å². The molecule has 0 aromatic carbocycles. The molecule has 0 spiro atoms. The van der Waals surface area contributed by atoms with Crippen LogP contribution in [-0.4, -0.2) is 9.97 Å². The summed E-state index contributed by atoms with van der Waals surface area (Å²) < 4.78 is 0. The summed E-state index contributed by atoms with van der Waals surface area (Å²) >= 11 is 0. The molecular formula is C14H21N3. The Labute approximate surface area is 103 Å². The fourth-order valence-electron chi connectivity index (χ4n) is 4.45. The van der Waals surface area contributed by atoms with Crippen molar-refractivity contribution in [3.05, 3.63) is 18.0 Å². The highest BCUT2D eigenvalue weighted by atomic mass is 15.0. The number of rotatable bonds is 1. The quantitative estimate of drug-likeness (QED) is 0.808. The predicted molar refractivity (Wildman–Crippen MR) is 68.4 cm³/mol. The highest BCUT2D eigenvalue weighted by Gasteiger charge is 2.65. The maximum atomic E-state index is 5.75. The molecule has 3 atom stereocenters. The zero-order chi connectivity index (χ0) is 12.3. The second-order valence-corrected chi connectivity index (χ2v) is 6.37. The number of fused-ring (bicyclic) bond motifs is 2. The average molecular weight is 231 g/mol. The maximum absolute atomic E-state index is 5.75. The summed E-state index contributed by atoms with van der Waals surface area (Å²) in [7, 11) is 0. The number of anilines is 1. The fourth-order valence-corrected chi connectivity index (χ4v) is 4.45. The van der Waals surface area contributed by atoms with Gasteiger partial charge in [0.15, 0.2) is 0 Å². The van der Waals surface area contributed by atoms with E-state index in [-0.39, 0.29) is 5.41 Å². The summed E-state index contributed by atoms with van der Waals surface area (Å²) in [5.41, 5.74) is 7.50. The highest BCUT2D eigenvalue weighted by molar-refractivity contribution is 5.33. The van der Waals surface area contributed by atoms with Gasteiger partial charge in [-0.1, -0.05) is 20.8 Å². The smallest absolute Gasteiger partial charge is 0.220 e. The Kier molecular flexibility index (Phi) is 2.08. The van der Waals surface area contributed by atoms with Crippen LogP contribution in [0.1, 0.15) is 45.7 Å². The Morgan fingerprint density at radius 1 is 1.35 bits per heavy atom. The largest absolute Gasteiger partial charge is 0.368 e. The van der Waals surface area contributed by atoms with Gasteiger partial charge in [0.05, 0.1) is 5.69 Å². The van der Waals surface area contributed by atoms with Crippen LogP contribution in [0.4, 0.5) is 5.95 Å². The lowest BCUT2D eigenvalue weighted by molar-refractivity contribution is -0.135. The number of hydrogen-bond acceptors (Lipinski definition) is 3. The standard InChI is InChI=1S/C14H21N3/c1-9-4-5-10-8-14(9,13(10,2)3)11-6-7-16-12(15)17-11/h6-7,9-10H,4-5,8H2,1-3H3,(H2,15,16,17). The molecule has 3 heteroatoms. The summed E-state index contributed by atoms with van der Waals surface area (Å²) in [6.45, 7) is 7.17. The molecule has 0 saturated heterocycles. The zero-order valence-corrected chi connectivity index (χ0v) is 10.9. The monoisotopic (exact) mass is 231 g/mol. The molecule has 92 valence electrons. The van der Waals surface area contributed by atoms with Crippen molar-refractivity contribution >= 4 is 5.95 Å². The van der Waals surface area contributed by atoms with Crippen molar-refractivity contribution in [1.82, 2.24) is 9.97 Å². The Balaban J connectivity index is 2.11. The molecule has 3 fully saturated rings. The predicted octanol–water partition coefficient (Wildman–Crippen LogP) is 2.77. The van der Waals surface area contributed by atoms with Crippen LogP contribution in [0, 0.1) is 17.3 Å². The van der Waals surface area contributed by atoms with E-state index in [1.165, 1.54) is 25.0 Å². The molecule has 3 unspecified atom stereocenters. The summed E-state index contributed by atoms with van der Waals surface area (Å²) in [6, 6.07) is 2.07. The van der Waals surface area contributed by atoms with E-state index in [4.69, 9.17) is 5.73 Å². The van der Waals surface area contributed by atoms with Gasteiger partial charge in [0.2, 0.25) is 5.95 Å². The van der Waals surface area contributed by atoms with Gasteiger partial charge >= 0.3 is 0 Å². The first kappa shape index (κ1) is 11.0. The van der Waals surface area contributed by atoms with Crippen LogP contribution in [0.5, 0.6) is 0 Å². The van der Waals surface area contributed by atoms with E-state index in [0.29, 0.717) is 17.3 Å². The van der Waals surface area contributed by atoms with Crippen LogP contribution < -0.4 is 5.73 Å². The van der Waals surface area contributed by atoms with E-state index in [1.807, 2.05) is 0 Å². The Hall–Kier alpha value is -1.12. The summed E-state index contributed by atoms with van der Waals surface area (Å²) in [5, 5.41) is 0. The van der Waals surface area contributed by atoms with Gasteiger partial charge in [-0.25, -0.2) is 9.97 Å². The Bertz CT molecular complexity index is 455. The van der Waals surface area contributed by atoms with Crippen LogP contribution in [-0.2, 0) is 5.41 Å². The van der Waals surface area contributed by atoms with Gasteiger partial charge in [-0.2, -0.15) is 0 Å². The van der Waals surface area contributed by atoms with Crippen LogP contribution in [0.3, 0.4) is 0 Å². The van der Waals surface area contributed by atoms with Crippen LogP contribution in [0.2, 0.25) is 0 Å². The number of nitrogens with zero attached hydrogens (tertiary/aromatic N) is 2. The van der Waals surface area contributed by atoms with E-state index in [9.17, 15) is 0 Å². The normalized spacial score (nSPS) is 38.5. The van der Waals surface area contributed by atoms with Crippen LogP contribution in [0.15, 0.2) is 12.3 Å². The molecule has 3 aliphatic carbocycles. The fraction of sp³-hybridized carbons (Fsp3) is 0.714. The molecule has 1 heterocycles. The molecule has 1 aromatic heterocycles. The maximum Gasteiger partial charge on any atom is 0.220 e. The van der Waals surface area contributed by atoms with Gasteiger partial charge in [-0.15, -0.1) is 0 Å². The second-order valence-electron chi connectivity index (χ2n) is 6.37. The van der Waals surface area contributed by atoms with Gasteiger partial charge < -0.3 is 5.73 Å². The first-order valence-electron chi connectivity index (χ1n) is 6.57. The molecule has 4 rings (SSSR count). The summed E-state index contributed by atoms with van der Waals surface area (Å²) in [5.74, 6) is 1.96. The molecule has 2 N–H and O–H groups in total. The third-order valence-electron chi connectivity index (χ3n) is 5.66. The van der Waals surface area contributed by atoms with Crippen molar-refractivity contribution in [2.24, 2.45) is 17.3 Å². The van der Waals surface area contributed by atoms with E-state index in [2.05, 4.69) is 36.8 Å². The van der Waals surface area contributed by atoms with Crippen molar-refractivity contribution in [3.8, 4) is 0 Å². The lowest BCUT2D eigenvalue weighted by Gasteiger charge is -2.68. The molecule has 0 amide bonds. The average Bonchev–Trinajstić information content (AvgIpc) is 2.28. The first-order chi connectivity index (χ1) is 7.98. The lowest BCUT2D eigenvalue weighted by atomic mass is 9.36. The first-order valence-corrected chi connectivity index (χ1v) is 6.57. The van der Waals surface area contributed by atoms with Gasteiger partial charge in [0.1, 0.15) is 0 Å². The minimum Gasteiger partial charge on any atom is -0.368 e. The lowest BCUT2D eigenvalue weighted by Crippen LogP contribution is -2.64. The number of hydrogen-bond donors (Lipinski definition) is 1. The van der Waals surface area contributed by atoms with Crippen molar-refractivity contribution in [1.29, 1.82) is 0 Å².